The SMILES string of the molecule is O=C(C1CCC1)N1CCN(CCNC2CCCC2C2COCCN2)CC1. The van der Waals surface area contributed by atoms with Crippen LogP contribution in [0.5, 0.6) is 0 Å². The minimum Gasteiger partial charge on any atom is -0.379 e. The summed E-state index contributed by atoms with van der Waals surface area (Å²) in [6, 6.07) is 1.17. The smallest absolute Gasteiger partial charge is 0.225 e. The van der Waals surface area contributed by atoms with Crippen molar-refractivity contribution in [3.63, 3.8) is 0 Å². The largest absolute Gasteiger partial charge is 0.379 e. The van der Waals surface area contributed by atoms with Gasteiger partial charge < -0.3 is 20.3 Å². The number of piperazine rings is 1. The first-order chi connectivity index (χ1) is 12.8. The highest BCUT2D eigenvalue weighted by atomic mass is 16.5. The number of ether oxygens (including phenoxy) is 1. The van der Waals surface area contributed by atoms with E-state index < -0.39 is 0 Å². The van der Waals surface area contributed by atoms with Crippen molar-refractivity contribution in [3.05, 3.63) is 0 Å². The van der Waals surface area contributed by atoms with Crippen LogP contribution in [0.25, 0.3) is 0 Å². The lowest BCUT2D eigenvalue weighted by Crippen LogP contribution is -2.53. The lowest BCUT2D eigenvalue weighted by atomic mass is 9.84. The molecule has 2 aliphatic heterocycles. The van der Waals surface area contributed by atoms with Crippen molar-refractivity contribution < 1.29 is 9.53 Å². The second-order valence-corrected chi connectivity index (χ2v) is 8.59. The van der Waals surface area contributed by atoms with Crippen LogP contribution in [-0.2, 0) is 9.53 Å². The van der Waals surface area contributed by atoms with Crippen LogP contribution in [-0.4, -0.2) is 86.8 Å². The molecule has 4 rings (SSSR count). The van der Waals surface area contributed by atoms with Crippen LogP contribution in [0, 0.1) is 11.8 Å². The highest BCUT2D eigenvalue weighted by molar-refractivity contribution is 5.79. The summed E-state index contributed by atoms with van der Waals surface area (Å²) in [5.74, 6) is 1.48. The van der Waals surface area contributed by atoms with Crippen molar-refractivity contribution in [2.75, 3.05) is 59.0 Å². The van der Waals surface area contributed by atoms with E-state index >= 15 is 0 Å². The van der Waals surface area contributed by atoms with Crippen LogP contribution in [0.4, 0.5) is 0 Å². The van der Waals surface area contributed by atoms with E-state index in [0.717, 1.165) is 71.9 Å². The van der Waals surface area contributed by atoms with Gasteiger partial charge in [-0.25, -0.2) is 0 Å². The molecule has 3 unspecified atom stereocenters. The van der Waals surface area contributed by atoms with Gasteiger partial charge in [0.25, 0.3) is 0 Å². The minimum absolute atomic E-state index is 0.347. The normalized spacial score (nSPS) is 34.0. The van der Waals surface area contributed by atoms with E-state index in [1.807, 2.05) is 0 Å². The molecule has 26 heavy (non-hydrogen) atoms. The number of morpholine rings is 1. The van der Waals surface area contributed by atoms with Crippen LogP contribution < -0.4 is 10.6 Å². The van der Waals surface area contributed by atoms with Gasteiger partial charge in [-0.2, -0.15) is 0 Å². The number of nitrogens with one attached hydrogen (secondary N) is 2. The number of carbonyl (C=O) groups excluding carboxylic acids is 1. The molecule has 6 nitrogen and oxygen atoms in total. The zero-order valence-corrected chi connectivity index (χ0v) is 16.1. The van der Waals surface area contributed by atoms with E-state index in [-0.39, 0.29) is 0 Å². The molecular formula is C20H36N4O2. The lowest BCUT2D eigenvalue weighted by molar-refractivity contribution is -0.139. The molecule has 0 radical (unpaired) electrons. The Balaban J connectivity index is 1.14. The third kappa shape index (κ3) is 4.41. The maximum Gasteiger partial charge on any atom is 0.225 e. The molecule has 1 amide bonds. The van der Waals surface area contributed by atoms with E-state index in [0.29, 0.717) is 29.8 Å². The van der Waals surface area contributed by atoms with Crippen molar-refractivity contribution in [1.82, 2.24) is 20.4 Å². The average molecular weight is 365 g/mol. The molecule has 0 aromatic rings. The maximum absolute atomic E-state index is 12.3. The maximum atomic E-state index is 12.3. The molecule has 0 aromatic heterocycles. The van der Waals surface area contributed by atoms with Gasteiger partial charge in [-0.05, 0) is 31.6 Å². The molecule has 0 spiro atoms. The van der Waals surface area contributed by atoms with Gasteiger partial charge in [0, 0.05) is 63.8 Å². The Morgan fingerprint density at radius 1 is 1.08 bits per heavy atom. The molecule has 3 atom stereocenters. The van der Waals surface area contributed by atoms with Gasteiger partial charge in [0.15, 0.2) is 0 Å². The fourth-order valence-electron chi connectivity index (χ4n) is 5.10. The molecule has 2 aliphatic carbocycles. The van der Waals surface area contributed by atoms with Gasteiger partial charge in [0.1, 0.15) is 0 Å². The van der Waals surface area contributed by atoms with E-state index in [1.54, 1.807) is 0 Å². The molecular weight excluding hydrogens is 328 g/mol. The van der Waals surface area contributed by atoms with E-state index in [2.05, 4.69) is 20.4 Å². The van der Waals surface area contributed by atoms with Crippen molar-refractivity contribution in [2.24, 2.45) is 11.8 Å². The molecule has 148 valence electrons. The highest BCUT2D eigenvalue weighted by Crippen LogP contribution is 2.30. The molecule has 2 N–H and O–H groups in total. The van der Waals surface area contributed by atoms with Crippen molar-refractivity contribution in [2.45, 2.75) is 50.6 Å². The molecule has 6 heteroatoms. The van der Waals surface area contributed by atoms with Crippen LogP contribution in [0.15, 0.2) is 0 Å². The van der Waals surface area contributed by atoms with Gasteiger partial charge >= 0.3 is 0 Å². The lowest BCUT2D eigenvalue weighted by Gasteiger charge is -2.38. The molecule has 4 fully saturated rings. The Labute approximate surface area is 158 Å². The Hall–Kier alpha value is -0.690. The van der Waals surface area contributed by atoms with Gasteiger partial charge in [0.05, 0.1) is 13.2 Å². The Kier molecular flexibility index (Phi) is 6.46. The summed E-state index contributed by atoms with van der Waals surface area (Å²) in [7, 11) is 0. The topological polar surface area (TPSA) is 56.8 Å². The van der Waals surface area contributed by atoms with Crippen molar-refractivity contribution in [1.29, 1.82) is 0 Å². The predicted molar refractivity (Wildman–Crippen MR) is 102 cm³/mol. The van der Waals surface area contributed by atoms with E-state index in [9.17, 15) is 4.79 Å². The standard InChI is InChI=1S/C20H36N4O2/c25-20(16-3-1-4-16)24-12-10-23(11-13-24)9-7-21-18-6-2-5-17(18)19-15-26-14-8-22-19/h16-19,21-22H,1-15H2. The first kappa shape index (κ1) is 18.7. The van der Waals surface area contributed by atoms with Crippen LogP contribution in [0.3, 0.4) is 0 Å². The molecule has 2 saturated heterocycles. The van der Waals surface area contributed by atoms with Crippen molar-refractivity contribution in [3.8, 4) is 0 Å². The van der Waals surface area contributed by atoms with Crippen LogP contribution in [0.2, 0.25) is 0 Å². The minimum atomic E-state index is 0.347. The Bertz CT molecular complexity index is 457. The molecule has 0 bridgehead atoms. The fraction of sp³-hybridized carbons (Fsp3) is 0.950. The summed E-state index contributed by atoms with van der Waals surface area (Å²) in [4.78, 5) is 17.0. The number of hydrogen-bond donors (Lipinski definition) is 2. The van der Waals surface area contributed by atoms with Gasteiger partial charge in [0.2, 0.25) is 5.91 Å². The number of carbonyl (C=O) groups is 1. The highest BCUT2D eigenvalue weighted by Gasteiger charge is 2.34. The quantitative estimate of drug-likeness (QED) is 0.726. The fourth-order valence-corrected chi connectivity index (χ4v) is 5.10. The van der Waals surface area contributed by atoms with E-state index in [1.165, 1.54) is 25.7 Å². The number of amides is 1. The third-order valence-electron chi connectivity index (χ3n) is 7.01. The second kappa shape index (κ2) is 9.00. The number of hydrogen-bond acceptors (Lipinski definition) is 5. The average Bonchev–Trinajstić information content (AvgIpc) is 3.10. The van der Waals surface area contributed by atoms with E-state index in [4.69, 9.17) is 4.74 Å². The van der Waals surface area contributed by atoms with Gasteiger partial charge in [-0.3, -0.25) is 9.69 Å². The zero-order valence-electron chi connectivity index (χ0n) is 16.1. The second-order valence-electron chi connectivity index (χ2n) is 8.59. The number of nitrogens with zero attached hydrogens (tertiary/aromatic N) is 2. The first-order valence-corrected chi connectivity index (χ1v) is 10.9. The van der Waals surface area contributed by atoms with Crippen LogP contribution >= 0.6 is 0 Å². The van der Waals surface area contributed by atoms with Crippen LogP contribution in [0.1, 0.15) is 38.5 Å². The molecule has 2 heterocycles. The third-order valence-corrected chi connectivity index (χ3v) is 7.01. The Morgan fingerprint density at radius 3 is 2.58 bits per heavy atom. The Morgan fingerprint density at radius 2 is 1.88 bits per heavy atom. The van der Waals surface area contributed by atoms with Crippen molar-refractivity contribution >= 4 is 5.91 Å². The summed E-state index contributed by atoms with van der Waals surface area (Å²) in [6.07, 6.45) is 7.43. The van der Waals surface area contributed by atoms with Gasteiger partial charge in [-0.1, -0.05) is 12.8 Å². The molecule has 0 aromatic carbocycles. The number of rotatable bonds is 6. The molecule has 4 aliphatic rings. The summed E-state index contributed by atoms with van der Waals surface area (Å²) >= 11 is 0. The monoisotopic (exact) mass is 364 g/mol. The molecule has 2 saturated carbocycles. The summed E-state index contributed by atoms with van der Waals surface area (Å²) < 4.78 is 5.67. The summed E-state index contributed by atoms with van der Waals surface area (Å²) in [5, 5.41) is 7.48. The first-order valence-electron chi connectivity index (χ1n) is 10.9. The zero-order chi connectivity index (χ0) is 17.8. The predicted octanol–water partition coefficient (Wildman–Crippen LogP) is 0.677. The van der Waals surface area contributed by atoms with Gasteiger partial charge in [-0.15, -0.1) is 0 Å². The summed E-state index contributed by atoms with van der Waals surface area (Å²) in [6.45, 7) is 8.80. The summed E-state index contributed by atoms with van der Waals surface area (Å²) in [5.41, 5.74) is 0.